The first-order valence-corrected chi connectivity index (χ1v) is 5.96. The minimum absolute atomic E-state index is 0.173. The third-order valence-corrected chi connectivity index (χ3v) is 3.21. The summed E-state index contributed by atoms with van der Waals surface area (Å²) in [5.41, 5.74) is 3.52. The topological polar surface area (TPSA) is 29.9 Å². The molecule has 0 saturated heterocycles. The number of benzene rings is 1. The third-order valence-electron chi connectivity index (χ3n) is 3.21. The molecule has 4 heteroatoms. The summed E-state index contributed by atoms with van der Waals surface area (Å²) < 4.78 is 16.0. The summed E-state index contributed by atoms with van der Waals surface area (Å²) in [4.78, 5) is 0. The lowest BCUT2D eigenvalue weighted by atomic mass is 9.96. The molecule has 1 atom stereocenters. The molecule has 1 heterocycles. The van der Waals surface area contributed by atoms with Crippen molar-refractivity contribution in [2.24, 2.45) is 7.05 Å². The first kappa shape index (κ1) is 12.8. The van der Waals surface area contributed by atoms with Crippen LogP contribution in [0.2, 0.25) is 0 Å². The Morgan fingerprint density at radius 1 is 1.33 bits per heavy atom. The van der Waals surface area contributed by atoms with Gasteiger partial charge in [0.15, 0.2) is 0 Å². The maximum atomic E-state index is 14.2. The van der Waals surface area contributed by atoms with Crippen LogP contribution in [-0.4, -0.2) is 16.8 Å². The smallest absolute Gasteiger partial charge is 0.128 e. The molecule has 0 radical (unpaired) electrons. The van der Waals surface area contributed by atoms with E-state index < -0.39 is 0 Å². The summed E-state index contributed by atoms with van der Waals surface area (Å²) in [6, 6.07) is 5.29. The molecule has 0 spiro atoms. The van der Waals surface area contributed by atoms with E-state index >= 15 is 0 Å². The minimum atomic E-state index is -0.182. The molecule has 18 heavy (non-hydrogen) atoms. The first-order valence-electron chi connectivity index (χ1n) is 5.96. The van der Waals surface area contributed by atoms with Gasteiger partial charge in [0.05, 0.1) is 11.7 Å². The first-order chi connectivity index (χ1) is 8.54. The van der Waals surface area contributed by atoms with Crippen molar-refractivity contribution in [1.29, 1.82) is 0 Å². The van der Waals surface area contributed by atoms with Crippen LogP contribution in [0.15, 0.2) is 24.4 Å². The molecule has 96 valence electrons. The number of nitrogens with zero attached hydrogens (tertiary/aromatic N) is 2. The van der Waals surface area contributed by atoms with Gasteiger partial charge in [0, 0.05) is 18.8 Å². The van der Waals surface area contributed by atoms with E-state index in [0.717, 1.165) is 16.8 Å². The number of hydrogen-bond acceptors (Lipinski definition) is 2. The van der Waals surface area contributed by atoms with Crippen molar-refractivity contribution < 1.29 is 4.39 Å². The molecule has 1 aromatic heterocycles. The Morgan fingerprint density at radius 2 is 2.06 bits per heavy atom. The lowest BCUT2D eigenvalue weighted by Crippen LogP contribution is -2.22. The van der Waals surface area contributed by atoms with E-state index in [2.05, 4.69) is 10.4 Å². The predicted octanol–water partition coefficient (Wildman–Crippen LogP) is 2.48. The fraction of sp³-hybridized carbons (Fsp3) is 0.357. The summed E-state index contributed by atoms with van der Waals surface area (Å²) >= 11 is 0. The maximum absolute atomic E-state index is 14.2. The van der Waals surface area contributed by atoms with Gasteiger partial charge in [0.2, 0.25) is 0 Å². The second kappa shape index (κ2) is 4.90. The van der Waals surface area contributed by atoms with E-state index in [-0.39, 0.29) is 11.9 Å². The van der Waals surface area contributed by atoms with Gasteiger partial charge in [-0.05, 0) is 44.2 Å². The molecule has 0 aliphatic heterocycles. The number of hydrogen-bond donors (Lipinski definition) is 1. The number of nitrogens with one attached hydrogen (secondary N) is 1. The minimum Gasteiger partial charge on any atom is -0.308 e. The van der Waals surface area contributed by atoms with E-state index in [1.54, 1.807) is 16.9 Å². The zero-order chi connectivity index (χ0) is 13.3. The number of rotatable bonds is 3. The Kier molecular flexibility index (Phi) is 3.48. The molecule has 0 fully saturated rings. The lowest BCUT2D eigenvalue weighted by Gasteiger charge is -2.20. The summed E-state index contributed by atoms with van der Waals surface area (Å²) in [5, 5.41) is 7.30. The van der Waals surface area contributed by atoms with Crippen molar-refractivity contribution in [3.8, 4) is 0 Å². The molecular formula is C14H18FN3. The quantitative estimate of drug-likeness (QED) is 0.903. The van der Waals surface area contributed by atoms with Crippen LogP contribution in [0.4, 0.5) is 4.39 Å². The third kappa shape index (κ3) is 2.16. The highest BCUT2D eigenvalue weighted by molar-refractivity contribution is 5.38. The molecule has 0 aliphatic carbocycles. The van der Waals surface area contributed by atoms with Gasteiger partial charge in [-0.2, -0.15) is 5.10 Å². The molecule has 3 nitrogen and oxygen atoms in total. The van der Waals surface area contributed by atoms with Crippen molar-refractivity contribution in [1.82, 2.24) is 15.1 Å². The SMILES string of the molecule is CNC(c1c(C)cc(C)cc1F)c1ccnn1C. The molecule has 0 bridgehead atoms. The molecule has 0 saturated carbocycles. The van der Waals surface area contributed by atoms with Crippen molar-refractivity contribution >= 4 is 0 Å². The summed E-state index contributed by atoms with van der Waals surface area (Å²) in [6.45, 7) is 3.84. The Morgan fingerprint density at radius 3 is 2.56 bits per heavy atom. The summed E-state index contributed by atoms with van der Waals surface area (Å²) in [7, 11) is 3.69. The van der Waals surface area contributed by atoms with Gasteiger partial charge in [-0.3, -0.25) is 4.68 Å². The highest BCUT2D eigenvalue weighted by Crippen LogP contribution is 2.27. The van der Waals surface area contributed by atoms with Crippen LogP contribution >= 0.6 is 0 Å². The average Bonchev–Trinajstić information content (AvgIpc) is 2.69. The highest BCUT2D eigenvalue weighted by atomic mass is 19.1. The molecule has 1 aromatic carbocycles. The van der Waals surface area contributed by atoms with Crippen molar-refractivity contribution in [3.63, 3.8) is 0 Å². The fourth-order valence-electron chi connectivity index (χ4n) is 2.40. The molecule has 1 unspecified atom stereocenters. The zero-order valence-electron chi connectivity index (χ0n) is 11.2. The molecule has 1 N–H and O–H groups in total. The normalized spacial score (nSPS) is 12.7. The van der Waals surface area contributed by atoms with Crippen LogP contribution in [0.5, 0.6) is 0 Å². The van der Waals surface area contributed by atoms with Gasteiger partial charge < -0.3 is 5.32 Å². The van der Waals surface area contributed by atoms with Crippen LogP contribution < -0.4 is 5.32 Å². The van der Waals surface area contributed by atoms with Gasteiger partial charge in [-0.15, -0.1) is 0 Å². The van der Waals surface area contributed by atoms with Crippen molar-refractivity contribution in [3.05, 3.63) is 52.6 Å². The molecule has 2 rings (SSSR count). The molecule has 2 aromatic rings. The monoisotopic (exact) mass is 247 g/mol. The van der Waals surface area contributed by atoms with Gasteiger partial charge in [0.25, 0.3) is 0 Å². The van der Waals surface area contributed by atoms with E-state index in [9.17, 15) is 4.39 Å². The fourth-order valence-corrected chi connectivity index (χ4v) is 2.40. The predicted molar refractivity (Wildman–Crippen MR) is 70.0 cm³/mol. The largest absolute Gasteiger partial charge is 0.308 e. The van der Waals surface area contributed by atoms with E-state index in [1.165, 1.54) is 0 Å². The molecule has 0 amide bonds. The van der Waals surface area contributed by atoms with E-state index in [4.69, 9.17) is 0 Å². The zero-order valence-corrected chi connectivity index (χ0v) is 11.2. The molecule has 0 aliphatic rings. The van der Waals surface area contributed by atoms with E-state index in [1.807, 2.05) is 40.1 Å². The van der Waals surface area contributed by atoms with Crippen LogP contribution in [0, 0.1) is 19.7 Å². The number of aryl methyl sites for hydroxylation is 3. The average molecular weight is 247 g/mol. The van der Waals surface area contributed by atoms with Gasteiger partial charge in [-0.25, -0.2) is 4.39 Å². The van der Waals surface area contributed by atoms with Gasteiger partial charge >= 0.3 is 0 Å². The Hall–Kier alpha value is -1.68. The Bertz CT molecular complexity index is 537. The van der Waals surface area contributed by atoms with Crippen LogP contribution in [0.1, 0.15) is 28.4 Å². The summed E-state index contributed by atoms with van der Waals surface area (Å²) in [6.07, 6.45) is 1.72. The maximum Gasteiger partial charge on any atom is 0.128 e. The van der Waals surface area contributed by atoms with Crippen molar-refractivity contribution in [2.75, 3.05) is 7.05 Å². The number of halogens is 1. The Labute approximate surface area is 107 Å². The molecular weight excluding hydrogens is 229 g/mol. The number of aromatic nitrogens is 2. The highest BCUT2D eigenvalue weighted by Gasteiger charge is 2.21. The van der Waals surface area contributed by atoms with Crippen LogP contribution in [0.25, 0.3) is 0 Å². The van der Waals surface area contributed by atoms with Gasteiger partial charge in [0.1, 0.15) is 5.82 Å². The van der Waals surface area contributed by atoms with Crippen LogP contribution in [0.3, 0.4) is 0 Å². The lowest BCUT2D eigenvalue weighted by molar-refractivity contribution is 0.548. The van der Waals surface area contributed by atoms with E-state index in [0.29, 0.717) is 5.56 Å². The standard InChI is InChI=1S/C14H18FN3/c1-9-7-10(2)13(11(15)8-9)14(16-3)12-5-6-17-18(12)4/h5-8,14,16H,1-4H3. The van der Waals surface area contributed by atoms with Crippen molar-refractivity contribution in [2.45, 2.75) is 19.9 Å². The van der Waals surface area contributed by atoms with Gasteiger partial charge in [-0.1, -0.05) is 6.07 Å². The van der Waals surface area contributed by atoms with Crippen LogP contribution in [-0.2, 0) is 7.05 Å². The second-order valence-corrected chi connectivity index (χ2v) is 4.58. The summed E-state index contributed by atoms with van der Waals surface area (Å²) in [5.74, 6) is -0.173. The Balaban J connectivity index is 2.56. The second-order valence-electron chi connectivity index (χ2n) is 4.58.